The second-order valence-corrected chi connectivity index (χ2v) is 8.83. The number of nitrogen functional groups attached to an aromatic ring is 1. The number of nitrogens with one attached hydrogen (secondary N) is 1. The van der Waals surface area contributed by atoms with Crippen molar-refractivity contribution in [1.82, 2.24) is 24.4 Å². The van der Waals surface area contributed by atoms with E-state index >= 15 is 0 Å². The molecular formula is C25H30F2N8O. The molecule has 0 bridgehead atoms. The highest BCUT2D eigenvalue weighted by molar-refractivity contribution is 5.81. The minimum atomic E-state index is -0.730. The number of aryl methyl sites for hydroxylation is 1. The highest BCUT2D eigenvalue weighted by atomic mass is 19.1. The molecule has 2 heterocycles. The van der Waals surface area contributed by atoms with Gasteiger partial charge < -0.3 is 30.2 Å². The largest absolute Gasteiger partial charge is 0.494 e. The van der Waals surface area contributed by atoms with Gasteiger partial charge in [0.25, 0.3) is 0 Å². The third kappa shape index (κ3) is 5.15. The summed E-state index contributed by atoms with van der Waals surface area (Å²) in [5, 5.41) is 3.15. The third-order valence-electron chi connectivity index (χ3n) is 5.89. The van der Waals surface area contributed by atoms with E-state index in [9.17, 15) is 8.78 Å². The van der Waals surface area contributed by atoms with E-state index in [1.165, 1.54) is 6.07 Å². The topological polar surface area (TPSA) is 97.4 Å². The molecule has 0 saturated carbocycles. The van der Waals surface area contributed by atoms with Crippen LogP contribution in [0.1, 0.15) is 6.42 Å². The van der Waals surface area contributed by atoms with Crippen molar-refractivity contribution < 1.29 is 13.5 Å². The van der Waals surface area contributed by atoms with Crippen LogP contribution in [0.5, 0.6) is 5.75 Å². The highest BCUT2D eigenvalue weighted by Crippen LogP contribution is 2.36. The van der Waals surface area contributed by atoms with Gasteiger partial charge in [-0.05, 0) is 45.3 Å². The van der Waals surface area contributed by atoms with Crippen LogP contribution in [0.3, 0.4) is 0 Å². The predicted octanol–water partition coefficient (Wildman–Crippen LogP) is 4.03. The smallest absolute Gasteiger partial charge is 0.227 e. The second kappa shape index (κ2) is 10.3. The average Bonchev–Trinajstić information content (AvgIpc) is 3.16. The summed E-state index contributed by atoms with van der Waals surface area (Å²) in [5.74, 6) is -0.174. The number of hydrogen-bond acceptors (Lipinski definition) is 8. The minimum absolute atomic E-state index is 0.0711. The number of benzene rings is 2. The van der Waals surface area contributed by atoms with Crippen LogP contribution in [-0.2, 0) is 7.05 Å². The molecule has 4 rings (SSSR count). The van der Waals surface area contributed by atoms with Crippen molar-refractivity contribution in [3.8, 4) is 17.3 Å². The lowest BCUT2D eigenvalue weighted by atomic mass is 10.2. The third-order valence-corrected chi connectivity index (χ3v) is 5.89. The summed E-state index contributed by atoms with van der Waals surface area (Å²) in [6, 6.07) is 7.35. The van der Waals surface area contributed by atoms with Crippen LogP contribution in [0.4, 0.5) is 31.8 Å². The van der Waals surface area contributed by atoms with Gasteiger partial charge in [0.1, 0.15) is 22.8 Å². The quantitative estimate of drug-likeness (QED) is 0.335. The van der Waals surface area contributed by atoms with Crippen LogP contribution in [0.2, 0.25) is 0 Å². The van der Waals surface area contributed by atoms with Crippen molar-refractivity contribution in [2.24, 2.45) is 7.05 Å². The number of fused-ring (bicyclic) bond motifs is 1. The molecule has 0 radical (unpaired) electrons. The lowest BCUT2D eigenvalue weighted by Gasteiger charge is -2.24. The Morgan fingerprint density at radius 2 is 1.86 bits per heavy atom. The fourth-order valence-electron chi connectivity index (χ4n) is 4.03. The molecule has 0 amide bonds. The summed E-state index contributed by atoms with van der Waals surface area (Å²) in [6.07, 6.45) is 2.55. The maximum Gasteiger partial charge on any atom is 0.227 e. The van der Waals surface area contributed by atoms with Crippen molar-refractivity contribution in [3.63, 3.8) is 0 Å². The van der Waals surface area contributed by atoms with Crippen LogP contribution in [0, 0.1) is 11.6 Å². The van der Waals surface area contributed by atoms with Crippen LogP contribution >= 0.6 is 0 Å². The SMILES string of the molecule is COc1cc(N(C)CCCN(C)C)c(N)cc1Nc1nccc(-c2nc3c(F)cc(F)cc3n2C)n1. The van der Waals surface area contributed by atoms with Gasteiger partial charge in [0.05, 0.1) is 29.7 Å². The number of rotatable bonds is 9. The number of nitrogens with zero attached hydrogens (tertiary/aromatic N) is 6. The molecule has 36 heavy (non-hydrogen) atoms. The molecular weight excluding hydrogens is 466 g/mol. The fourth-order valence-corrected chi connectivity index (χ4v) is 4.03. The number of halogens is 2. The molecule has 0 spiro atoms. The van der Waals surface area contributed by atoms with Crippen LogP contribution < -0.4 is 20.7 Å². The molecule has 9 nitrogen and oxygen atoms in total. The molecule has 4 aromatic rings. The van der Waals surface area contributed by atoms with Crippen molar-refractivity contribution in [3.05, 3.63) is 48.2 Å². The maximum atomic E-state index is 14.2. The summed E-state index contributed by atoms with van der Waals surface area (Å²) < 4.78 is 35.2. The number of imidazole rings is 1. The highest BCUT2D eigenvalue weighted by Gasteiger charge is 2.17. The fraction of sp³-hybridized carbons (Fsp3) is 0.320. The lowest BCUT2D eigenvalue weighted by molar-refractivity contribution is 0.401. The molecule has 0 saturated heterocycles. The normalized spacial score (nSPS) is 11.3. The van der Waals surface area contributed by atoms with Crippen LogP contribution in [-0.4, -0.2) is 65.8 Å². The lowest BCUT2D eigenvalue weighted by Crippen LogP contribution is -2.24. The molecule has 0 atom stereocenters. The molecule has 3 N–H and O–H groups in total. The molecule has 0 aliphatic carbocycles. The van der Waals surface area contributed by atoms with E-state index in [0.717, 1.165) is 31.3 Å². The van der Waals surface area contributed by atoms with Gasteiger partial charge in [-0.15, -0.1) is 0 Å². The first kappa shape index (κ1) is 25.1. The predicted molar refractivity (Wildman–Crippen MR) is 139 cm³/mol. The zero-order valence-corrected chi connectivity index (χ0v) is 21.0. The van der Waals surface area contributed by atoms with Gasteiger partial charge in [-0.1, -0.05) is 0 Å². The number of ether oxygens (including phenoxy) is 1. The molecule has 11 heteroatoms. The molecule has 0 unspecified atom stereocenters. The number of anilines is 4. The van der Waals surface area contributed by atoms with Crippen molar-refractivity contribution in [2.75, 3.05) is 57.3 Å². The summed E-state index contributed by atoms with van der Waals surface area (Å²) in [6.45, 7) is 1.81. The van der Waals surface area contributed by atoms with E-state index in [1.54, 1.807) is 37.1 Å². The standard InChI is InChI=1S/C25H30F2N8O/c1-33(2)9-6-10-34(3)20-14-22(36-5)19(13-17(20)28)31-25-29-8-7-18(30-25)24-32-23-16(27)11-15(26)12-21(23)35(24)4/h7-8,11-14H,6,9-10,28H2,1-5H3,(H,29,30,31). The average molecular weight is 497 g/mol. The second-order valence-electron chi connectivity index (χ2n) is 8.83. The summed E-state index contributed by atoms with van der Waals surface area (Å²) in [7, 11) is 9.34. The first-order valence-corrected chi connectivity index (χ1v) is 11.4. The Balaban J connectivity index is 1.62. The Kier molecular flexibility index (Phi) is 7.20. The monoisotopic (exact) mass is 496 g/mol. The van der Waals surface area contributed by atoms with Gasteiger partial charge in [0.15, 0.2) is 11.6 Å². The zero-order valence-electron chi connectivity index (χ0n) is 21.0. The van der Waals surface area contributed by atoms with Crippen LogP contribution in [0.25, 0.3) is 22.6 Å². The van der Waals surface area contributed by atoms with Crippen molar-refractivity contribution >= 4 is 34.0 Å². The molecule has 190 valence electrons. The Hall–Kier alpha value is -3.99. The summed E-state index contributed by atoms with van der Waals surface area (Å²) in [4.78, 5) is 17.4. The number of methoxy groups -OCH3 is 1. The number of aromatic nitrogens is 4. The van der Waals surface area contributed by atoms with Gasteiger partial charge >= 0.3 is 0 Å². The van der Waals surface area contributed by atoms with E-state index in [0.29, 0.717) is 34.2 Å². The summed E-state index contributed by atoms with van der Waals surface area (Å²) >= 11 is 0. The zero-order chi connectivity index (χ0) is 26.0. The Morgan fingerprint density at radius 1 is 1.08 bits per heavy atom. The Labute approximate surface area is 208 Å². The summed E-state index contributed by atoms with van der Waals surface area (Å²) in [5.41, 5.74) is 9.25. The van der Waals surface area contributed by atoms with Gasteiger partial charge in [0, 0.05) is 39.0 Å². The van der Waals surface area contributed by atoms with E-state index < -0.39 is 11.6 Å². The van der Waals surface area contributed by atoms with E-state index in [1.807, 2.05) is 27.2 Å². The first-order chi connectivity index (χ1) is 17.2. The van der Waals surface area contributed by atoms with Gasteiger partial charge in [-0.2, -0.15) is 0 Å². The molecule has 0 fully saturated rings. The van der Waals surface area contributed by atoms with Crippen molar-refractivity contribution in [1.29, 1.82) is 0 Å². The maximum absolute atomic E-state index is 14.2. The Morgan fingerprint density at radius 3 is 2.58 bits per heavy atom. The number of nitrogens with two attached hydrogens (primary N) is 1. The van der Waals surface area contributed by atoms with Crippen molar-refractivity contribution in [2.45, 2.75) is 6.42 Å². The van der Waals surface area contributed by atoms with E-state index in [-0.39, 0.29) is 11.5 Å². The molecule has 0 aliphatic heterocycles. The van der Waals surface area contributed by atoms with Gasteiger partial charge in [-0.3, -0.25) is 0 Å². The minimum Gasteiger partial charge on any atom is -0.494 e. The van der Waals surface area contributed by atoms with Gasteiger partial charge in [0.2, 0.25) is 5.95 Å². The molecule has 0 aliphatic rings. The molecule has 2 aromatic carbocycles. The van der Waals surface area contributed by atoms with Gasteiger partial charge in [-0.25, -0.2) is 23.7 Å². The Bertz CT molecular complexity index is 1390. The molecule has 2 aromatic heterocycles. The van der Waals surface area contributed by atoms with E-state index in [4.69, 9.17) is 10.5 Å². The first-order valence-electron chi connectivity index (χ1n) is 11.4. The number of hydrogen-bond donors (Lipinski definition) is 2. The van der Waals surface area contributed by atoms with E-state index in [2.05, 4.69) is 30.1 Å². The van der Waals surface area contributed by atoms with Crippen LogP contribution in [0.15, 0.2) is 36.5 Å².